The highest BCUT2D eigenvalue weighted by atomic mass is 35.5. The number of nitrogens with zero attached hydrogens (tertiary/aromatic N) is 3. The highest BCUT2D eigenvalue weighted by Gasteiger charge is 2.28. The van der Waals surface area contributed by atoms with Gasteiger partial charge in [-0.2, -0.15) is 5.26 Å². The lowest BCUT2D eigenvalue weighted by Crippen LogP contribution is -2.46. The molecule has 3 heterocycles. The molecule has 7 heteroatoms. The predicted molar refractivity (Wildman–Crippen MR) is 144 cm³/mol. The molecule has 0 radical (unpaired) electrons. The second kappa shape index (κ2) is 10.0. The van der Waals surface area contributed by atoms with Crippen molar-refractivity contribution in [2.75, 3.05) is 44.2 Å². The third-order valence-corrected chi connectivity index (χ3v) is 7.32. The van der Waals surface area contributed by atoms with Crippen molar-refractivity contribution in [2.24, 2.45) is 0 Å². The molecule has 2 N–H and O–H groups in total. The summed E-state index contributed by atoms with van der Waals surface area (Å²) in [6, 6.07) is 13.8. The summed E-state index contributed by atoms with van der Waals surface area (Å²) in [5.74, 6) is 0.836. The lowest BCUT2D eigenvalue weighted by molar-refractivity contribution is 0.0785. The van der Waals surface area contributed by atoms with Crippen LogP contribution in [-0.2, 0) is 5.60 Å². The quantitative estimate of drug-likeness (QED) is 0.643. The molecule has 0 saturated carbocycles. The second-order valence-corrected chi connectivity index (χ2v) is 10.4. The lowest BCUT2D eigenvalue weighted by Gasteiger charge is -2.36. The standard InChI is InChI=1S/C29H31ClN4O2/c1-29(2,35)21-5-8-28-25(17-21)23(24-4-3-10-32-26(24)19-36-28)9-11-33-12-14-34(15-13-33)27-7-6-22(30)16-20(27)18-31/h3-10,16-17,26,32,35H,11-15,19H2,1-2H3/b23-9+. The molecule has 0 amide bonds. The van der Waals surface area contributed by atoms with Gasteiger partial charge >= 0.3 is 0 Å². The minimum atomic E-state index is -0.939. The van der Waals surface area contributed by atoms with Crippen molar-refractivity contribution < 1.29 is 9.84 Å². The molecule has 1 atom stereocenters. The highest BCUT2D eigenvalue weighted by molar-refractivity contribution is 6.30. The van der Waals surface area contributed by atoms with E-state index in [4.69, 9.17) is 16.3 Å². The molecule has 1 saturated heterocycles. The van der Waals surface area contributed by atoms with Crippen LogP contribution in [0.15, 0.2) is 66.4 Å². The van der Waals surface area contributed by atoms with Gasteiger partial charge in [0.25, 0.3) is 0 Å². The van der Waals surface area contributed by atoms with Crippen molar-refractivity contribution in [2.45, 2.75) is 25.5 Å². The van der Waals surface area contributed by atoms with E-state index in [1.165, 1.54) is 5.57 Å². The molecule has 0 aromatic heterocycles. The van der Waals surface area contributed by atoms with E-state index in [0.717, 1.165) is 60.9 Å². The minimum Gasteiger partial charge on any atom is -0.490 e. The van der Waals surface area contributed by atoms with E-state index in [2.05, 4.69) is 39.4 Å². The summed E-state index contributed by atoms with van der Waals surface area (Å²) in [4.78, 5) is 4.69. The number of piperazine rings is 1. The van der Waals surface area contributed by atoms with Crippen LogP contribution in [0.5, 0.6) is 5.75 Å². The van der Waals surface area contributed by atoms with Crippen molar-refractivity contribution in [1.82, 2.24) is 10.2 Å². The molecule has 5 rings (SSSR count). The monoisotopic (exact) mass is 502 g/mol. The normalized spacial score (nSPS) is 21.0. The maximum absolute atomic E-state index is 10.6. The third kappa shape index (κ3) is 5.01. The van der Waals surface area contributed by atoms with Gasteiger partial charge in [0.05, 0.1) is 22.9 Å². The van der Waals surface area contributed by atoms with Gasteiger partial charge in [-0.25, -0.2) is 0 Å². The number of aliphatic hydroxyl groups is 1. The number of nitrogens with one attached hydrogen (secondary N) is 1. The Kier molecular flexibility index (Phi) is 6.81. The number of anilines is 1. The van der Waals surface area contributed by atoms with E-state index in [0.29, 0.717) is 17.2 Å². The lowest BCUT2D eigenvalue weighted by atomic mass is 9.88. The number of hydrogen-bond donors (Lipinski definition) is 2. The number of rotatable bonds is 4. The fraction of sp³-hybridized carbons (Fsp3) is 0.345. The molecule has 36 heavy (non-hydrogen) atoms. The maximum atomic E-state index is 10.6. The number of halogens is 1. The number of fused-ring (bicyclic) bond motifs is 2. The summed E-state index contributed by atoms with van der Waals surface area (Å²) in [6.45, 7) is 8.44. The number of benzene rings is 2. The van der Waals surface area contributed by atoms with Gasteiger partial charge in [-0.05, 0) is 73.2 Å². The molecule has 3 aliphatic heterocycles. The first-order chi connectivity index (χ1) is 17.3. The van der Waals surface area contributed by atoms with E-state index in [1.54, 1.807) is 19.9 Å². The first-order valence-electron chi connectivity index (χ1n) is 12.3. The van der Waals surface area contributed by atoms with Crippen LogP contribution in [0.1, 0.15) is 30.5 Å². The Bertz CT molecular complexity index is 1280. The number of dihydropyridines is 1. The van der Waals surface area contributed by atoms with Crippen LogP contribution in [0, 0.1) is 11.3 Å². The molecule has 6 nitrogen and oxygen atoms in total. The molecule has 0 spiro atoms. The number of hydrogen-bond acceptors (Lipinski definition) is 6. The van der Waals surface area contributed by atoms with Crippen LogP contribution in [-0.4, -0.2) is 55.4 Å². The zero-order chi connectivity index (χ0) is 25.3. The molecule has 1 unspecified atom stereocenters. The van der Waals surface area contributed by atoms with Crippen molar-refractivity contribution in [3.63, 3.8) is 0 Å². The molecule has 3 aliphatic rings. The number of nitriles is 1. The Morgan fingerprint density at radius 2 is 2.00 bits per heavy atom. The van der Waals surface area contributed by atoms with Crippen LogP contribution in [0.3, 0.4) is 0 Å². The Morgan fingerprint density at radius 1 is 1.19 bits per heavy atom. The van der Waals surface area contributed by atoms with E-state index in [1.807, 2.05) is 36.5 Å². The van der Waals surface area contributed by atoms with Gasteiger partial charge in [0.1, 0.15) is 18.4 Å². The van der Waals surface area contributed by atoms with Gasteiger partial charge in [-0.3, -0.25) is 4.90 Å². The van der Waals surface area contributed by atoms with E-state index >= 15 is 0 Å². The largest absolute Gasteiger partial charge is 0.490 e. The fourth-order valence-corrected chi connectivity index (χ4v) is 5.19. The molecule has 0 bridgehead atoms. The molecule has 2 aromatic carbocycles. The van der Waals surface area contributed by atoms with Crippen molar-refractivity contribution >= 4 is 22.9 Å². The Balaban J connectivity index is 1.39. The van der Waals surface area contributed by atoms with Crippen molar-refractivity contribution in [3.05, 3.63) is 88.1 Å². The summed E-state index contributed by atoms with van der Waals surface area (Å²) in [5, 5.41) is 24.2. The Hall–Kier alpha value is -3.24. The Morgan fingerprint density at radius 3 is 2.75 bits per heavy atom. The van der Waals surface area contributed by atoms with Gasteiger partial charge in [0.2, 0.25) is 0 Å². The van der Waals surface area contributed by atoms with Crippen LogP contribution < -0.4 is 15.0 Å². The Labute approximate surface area is 217 Å². The van der Waals surface area contributed by atoms with E-state index in [-0.39, 0.29) is 6.04 Å². The number of ether oxygens (including phenoxy) is 1. The molecule has 1 fully saturated rings. The molecule has 186 valence electrons. The smallest absolute Gasteiger partial charge is 0.127 e. The van der Waals surface area contributed by atoms with E-state index in [9.17, 15) is 10.4 Å². The van der Waals surface area contributed by atoms with Gasteiger partial charge < -0.3 is 20.1 Å². The zero-order valence-corrected chi connectivity index (χ0v) is 21.4. The third-order valence-electron chi connectivity index (χ3n) is 7.08. The average molecular weight is 503 g/mol. The van der Waals surface area contributed by atoms with Crippen LogP contribution >= 0.6 is 11.6 Å². The highest BCUT2D eigenvalue weighted by Crippen LogP contribution is 2.39. The van der Waals surface area contributed by atoms with Gasteiger partial charge in [0.15, 0.2) is 0 Å². The predicted octanol–water partition coefficient (Wildman–Crippen LogP) is 4.45. The minimum absolute atomic E-state index is 0.0744. The fourth-order valence-electron chi connectivity index (χ4n) is 5.01. The van der Waals surface area contributed by atoms with E-state index < -0.39 is 5.60 Å². The number of allylic oxidation sites excluding steroid dienone is 2. The van der Waals surface area contributed by atoms with Gasteiger partial charge in [0, 0.05) is 43.3 Å². The van der Waals surface area contributed by atoms with Crippen LogP contribution in [0.4, 0.5) is 5.69 Å². The SMILES string of the molecule is CC(C)(O)c1ccc2c(c1)/C(=C/CN1CCN(c3ccc(Cl)cc3C#N)CC1)C1=CC=CNC1CO2. The summed E-state index contributed by atoms with van der Waals surface area (Å²) in [6.07, 6.45) is 8.44. The second-order valence-electron chi connectivity index (χ2n) is 9.96. The van der Waals surface area contributed by atoms with Crippen LogP contribution in [0.2, 0.25) is 5.02 Å². The molecule has 2 aromatic rings. The summed E-state index contributed by atoms with van der Waals surface area (Å²) >= 11 is 6.08. The molecule has 0 aliphatic carbocycles. The topological polar surface area (TPSA) is 71.8 Å². The average Bonchev–Trinajstić information content (AvgIpc) is 3.03. The summed E-state index contributed by atoms with van der Waals surface area (Å²) in [5.41, 5.74) is 4.84. The zero-order valence-electron chi connectivity index (χ0n) is 20.7. The first-order valence-corrected chi connectivity index (χ1v) is 12.7. The summed E-state index contributed by atoms with van der Waals surface area (Å²) < 4.78 is 6.19. The maximum Gasteiger partial charge on any atom is 0.127 e. The van der Waals surface area contributed by atoms with Gasteiger partial charge in [-0.1, -0.05) is 29.8 Å². The molecular weight excluding hydrogens is 472 g/mol. The first kappa shape index (κ1) is 24.5. The van der Waals surface area contributed by atoms with Gasteiger partial charge in [-0.15, -0.1) is 0 Å². The van der Waals surface area contributed by atoms with Crippen LogP contribution in [0.25, 0.3) is 5.57 Å². The summed E-state index contributed by atoms with van der Waals surface area (Å²) in [7, 11) is 0. The molecular formula is C29H31ClN4O2. The van der Waals surface area contributed by atoms with Crippen molar-refractivity contribution in [1.29, 1.82) is 5.26 Å². The van der Waals surface area contributed by atoms with Crippen molar-refractivity contribution in [3.8, 4) is 11.8 Å².